The SMILES string of the molecule is CCCn1cc(OCc2c(F)ccc(Br)c2F)cn1. The van der Waals surface area contributed by atoms with Gasteiger partial charge in [-0.3, -0.25) is 4.68 Å². The van der Waals surface area contributed by atoms with E-state index in [0.717, 1.165) is 13.0 Å². The fraction of sp³-hybridized carbons (Fsp3) is 0.308. The maximum absolute atomic E-state index is 13.7. The van der Waals surface area contributed by atoms with Crippen molar-refractivity contribution in [3.05, 3.63) is 46.2 Å². The van der Waals surface area contributed by atoms with Crippen molar-refractivity contribution in [2.45, 2.75) is 26.5 Å². The van der Waals surface area contributed by atoms with Gasteiger partial charge in [-0.1, -0.05) is 6.92 Å². The van der Waals surface area contributed by atoms with Crippen LogP contribution < -0.4 is 4.74 Å². The summed E-state index contributed by atoms with van der Waals surface area (Å²) in [6, 6.07) is 2.53. The van der Waals surface area contributed by atoms with Crippen molar-refractivity contribution in [2.75, 3.05) is 0 Å². The van der Waals surface area contributed by atoms with Crippen LogP contribution in [-0.2, 0) is 13.2 Å². The van der Waals surface area contributed by atoms with Gasteiger partial charge in [-0.25, -0.2) is 8.78 Å². The van der Waals surface area contributed by atoms with Crippen LogP contribution in [0.1, 0.15) is 18.9 Å². The molecule has 1 heterocycles. The summed E-state index contributed by atoms with van der Waals surface area (Å²) in [4.78, 5) is 0. The van der Waals surface area contributed by atoms with Crippen LogP contribution >= 0.6 is 15.9 Å². The van der Waals surface area contributed by atoms with Gasteiger partial charge in [0, 0.05) is 6.54 Å². The van der Waals surface area contributed by atoms with E-state index in [0.29, 0.717) is 5.75 Å². The predicted octanol–water partition coefficient (Wildman–Crippen LogP) is 3.91. The normalized spacial score (nSPS) is 10.7. The van der Waals surface area contributed by atoms with Crippen LogP contribution in [0.5, 0.6) is 5.75 Å². The second-order valence-electron chi connectivity index (χ2n) is 4.05. The molecule has 1 aromatic heterocycles. The molecule has 3 nitrogen and oxygen atoms in total. The molecule has 0 fully saturated rings. The molecule has 0 atom stereocenters. The summed E-state index contributed by atoms with van der Waals surface area (Å²) in [7, 11) is 0. The van der Waals surface area contributed by atoms with Crippen LogP contribution in [0.4, 0.5) is 8.78 Å². The number of benzene rings is 1. The van der Waals surface area contributed by atoms with Gasteiger partial charge >= 0.3 is 0 Å². The molecule has 0 saturated carbocycles. The summed E-state index contributed by atoms with van der Waals surface area (Å²) in [5.74, 6) is -0.769. The zero-order valence-electron chi connectivity index (χ0n) is 10.4. The lowest BCUT2D eigenvalue weighted by Gasteiger charge is -2.07. The Kier molecular flexibility index (Phi) is 4.52. The van der Waals surface area contributed by atoms with Crippen LogP contribution in [0.15, 0.2) is 29.0 Å². The number of hydrogen-bond donors (Lipinski definition) is 0. The van der Waals surface area contributed by atoms with Crippen LogP contribution in [-0.4, -0.2) is 9.78 Å². The molecule has 6 heteroatoms. The van der Waals surface area contributed by atoms with E-state index in [4.69, 9.17) is 4.74 Å². The Morgan fingerprint density at radius 1 is 1.37 bits per heavy atom. The number of halogens is 3. The molecule has 2 rings (SSSR count). The largest absolute Gasteiger partial charge is 0.485 e. The summed E-state index contributed by atoms with van der Waals surface area (Å²) in [6.45, 7) is 2.65. The fourth-order valence-electron chi connectivity index (χ4n) is 1.63. The highest BCUT2D eigenvalue weighted by Crippen LogP contribution is 2.23. The molecule has 0 amide bonds. The van der Waals surface area contributed by atoms with Crippen molar-refractivity contribution in [2.24, 2.45) is 0 Å². The minimum absolute atomic E-state index is 0.0994. The number of aromatic nitrogens is 2. The van der Waals surface area contributed by atoms with Gasteiger partial charge in [0.15, 0.2) is 5.75 Å². The summed E-state index contributed by atoms with van der Waals surface area (Å²) >= 11 is 3.02. The standard InChI is InChI=1S/C13H13BrF2N2O/c1-2-5-18-7-9(6-17-18)19-8-10-12(15)4-3-11(14)13(10)16/h3-4,6-7H,2,5,8H2,1H3. The lowest BCUT2D eigenvalue weighted by atomic mass is 10.2. The third kappa shape index (κ3) is 3.32. The van der Waals surface area contributed by atoms with Crippen molar-refractivity contribution in [1.29, 1.82) is 0 Å². The molecule has 0 aliphatic carbocycles. The average Bonchev–Trinajstić information content (AvgIpc) is 2.82. The highest BCUT2D eigenvalue weighted by atomic mass is 79.9. The molecular formula is C13H13BrF2N2O. The Morgan fingerprint density at radius 2 is 2.16 bits per heavy atom. The first kappa shape index (κ1) is 14.0. The first-order chi connectivity index (χ1) is 9.11. The van der Waals surface area contributed by atoms with E-state index >= 15 is 0 Å². The molecule has 2 aromatic rings. The van der Waals surface area contributed by atoms with Gasteiger partial charge < -0.3 is 4.74 Å². The Labute approximate surface area is 118 Å². The van der Waals surface area contributed by atoms with Gasteiger partial charge in [0.25, 0.3) is 0 Å². The lowest BCUT2D eigenvalue weighted by molar-refractivity contribution is 0.291. The van der Waals surface area contributed by atoms with Gasteiger partial charge in [0.05, 0.1) is 22.4 Å². The quantitative estimate of drug-likeness (QED) is 0.777. The third-order valence-corrected chi connectivity index (χ3v) is 3.20. The molecule has 0 bridgehead atoms. The first-order valence-corrected chi connectivity index (χ1v) is 6.68. The Bertz CT molecular complexity index is 572. The van der Waals surface area contributed by atoms with Crippen molar-refractivity contribution in [3.8, 4) is 5.75 Å². The molecule has 19 heavy (non-hydrogen) atoms. The third-order valence-electron chi connectivity index (χ3n) is 2.58. The summed E-state index contributed by atoms with van der Waals surface area (Å²) in [6.07, 6.45) is 4.19. The van der Waals surface area contributed by atoms with Crippen molar-refractivity contribution < 1.29 is 13.5 Å². The Hall–Kier alpha value is -1.43. The maximum Gasteiger partial charge on any atom is 0.157 e. The molecule has 102 valence electrons. The summed E-state index contributed by atoms with van der Waals surface area (Å²) < 4.78 is 34.5. The first-order valence-electron chi connectivity index (χ1n) is 5.89. The molecule has 1 aromatic carbocycles. The minimum Gasteiger partial charge on any atom is -0.485 e. The van der Waals surface area contributed by atoms with Gasteiger partial charge in [-0.2, -0.15) is 5.10 Å². The number of aryl methyl sites for hydroxylation is 1. The molecule has 0 radical (unpaired) electrons. The van der Waals surface area contributed by atoms with E-state index in [1.165, 1.54) is 18.3 Å². The molecule has 0 spiro atoms. The smallest absolute Gasteiger partial charge is 0.157 e. The number of nitrogens with zero attached hydrogens (tertiary/aromatic N) is 2. The summed E-state index contributed by atoms with van der Waals surface area (Å²) in [5.41, 5.74) is -0.0994. The molecular weight excluding hydrogens is 318 g/mol. The second-order valence-corrected chi connectivity index (χ2v) is 4.90. The Morgan fingerprint density at radius 3 is 2.89 bits per heavy atom. The van der Waals surface area contributed by atoms with Gasteiger partial charge in [0.2, 0.25) is 0 Å². The van der Waals surface area contributed by atoms with Crippen molar-refractivity contribution in [3.63, 3.8) is 0 Å². The van der Waals surface area contributed by atoms with E-state index < -0.39 is 11.6 Å². The minimum atomic E-state index is -0.638. The number of ether oxygens (including phenoxy) is 1. The van der Waals surface area contributed by atoms with E-state index in [1.54, 1.807) is 10.9 Å². The number of rotatable bonds is 5. The topological polar surface area (TPSA) is 27.1 Å². The Balaban J connectivity index is 2.07. The van der Waals surface area contributed by atoms with Crippen LogP contribution in [0.2, 0.25) is 0 Å². The van der Waals surface area contributed by atoms with E-state index in [9.17, 15) is 8.78 Å². The van der Waals surface area contributed by atoms with Crippen LogP contribution in [0.3, 0.4) is 0 Å². The fourth-order valence-corrected chi connectivity index (χ4v) is 2.00. The lowest BCUT2D eigenvalue weighted by Crippen LogP contribution is -2.02. The van der Waals surface area contributed by atoms with E-state index in [1.807, 2.05) is 6.92 Å². The zero-order chi connectivity index (χ0) is 13.8. The molecule has 0 aliphatic rings. The van der Waals surface area contributed by atoms with Gasteiger partial charge in [-0.05, 0) is 34.5 Å². The van der Waals surface area contributed by atoms with Crippen molar-refractivity contribution >= 4 is 15.9 Å². The highest BCUT2D eigenvalue weighted by Gasteiger charge is 2.13. The van der Waals surface area contributed by atoms with E-state index in [-0.39, 0.29) is 16.6 Å². The zero-order valence-corrected chi connectivity index (χ0v) is 12.0. The molecule has 0 aliphatic heterocycles. The van der Waals surface area contributed by atoms with Gasteiger partial charge in [0.1, 0.15) is 18.2 Å². The summed E-state index contributed by atoms with van der Waals surface area (Å²) in [5, 5.41) is 4.08. The average molecular weight is 331 g/mol. The monoisotopic (exact) mass is 330 g/mol. The van der Waals surface area contributed by atoms with E-state index in [2.05, 4.69) is 21.0 Å². The number of hydrogen-bond acceptors (Lipinski definition) is 2. The van der Waals surface area contributed by atoms with Crippen molar-refractivity contribution in [1.82, 2.24) is 9.78 Å². The molecule has 0 saturated heterocycles. The maximum atomic E-state index is 13.7. The molecule has 0 unspecified atom stereocenters. The highest BCUT2D eigenvalue weighted by molar-refractivity contribution is 9.10. The van der Waals surface area contributed by atoms with Crippen LogP contribution in [0, 0.1) is 11.6 Å². The second kappa shape index (κ2) is 6.14. The van der Waals surface area contributed by atoms with Crippen LogP contribution in [0.25, 0.3) is 0 Å². The van der Waals surface area contributed by atoms with Gasteiger partial charge in [-0.15, -0.1) is 0 Å². The molecule has 0 N–H and O–H groups in total. The predicted molar refractivity (Wildman–Crippen MR) is 70.9 cm³/mol.